The van der Waals surface area contributed by atoms with E-state index in [-0.39, 0.29) is 18.2 Å². The number of fused-ring (bicyclic) bond motifs is 1. The van der Waals surface area contributed by atoms with Crippen LogP contribution < -0.4 is 29.7 Å². The summed E-state index contributed by atoms with van der Waals surface area (Å²) >= 11 is 3.34. The minimum absolute atomic E-state index is 0.0416. The van der Waals surface area contributed by atoms with Crippen LogP contribution in [-0.4, -0.2) is 37.4 Å². The summed E-state index contributed by atoms with van der Waals surface area (Å²) < 4.78 is 22.8. The maximum atomic E-state index is 13.2. The highest BCUT2D eigenvalue weighted by Gasteiger charge is 2.17. The number of carbonyl (C=O) groups excluding carboxylic acids is 3. The fourth-order valence-electron chi connectivity index (χ4n) is 4.04. The summed E-state index contributed by atoms with van der Waals surface area (Å²) in [5.74, 6) is 0.0185. The van der Waals surface area contributed by atoms with Crippen molar-refractivity contribution in [1.82, 2.24) is 10.7 Å². The molecule has 1 heterocycles. The molecule has 2 amide bonds. The largest absolute Gasteiger partial charge is 0.490 e. The van der Waals surface area contributed by atoms with Gasteiger partial charge in [-0.3, -0.25) is 9.59 Å². The summed E-state index contributed by atoms with van der Waals surface area (Å²) in [4.78, 5) is 38.7. The fourth-order valence-corrected chi connectivity index (χ4v) is 4.30. The van der Waals surface area contributed by atoms with E-state index in [1.807, 2.05) is 0 Å². The normalized spacial score (nSPS) is 12.1. The highest BCUT2D eigenvalue weighted by atomic mass is 79.9. The van der Waals surface area contributed by atoms with Crippen molar-refractivity contribution < 1.29 is 33.3 Å². The van der Waals surface area contributed by atoms with Gasteiger partial charge in [0.2, 0.25) is 6.79 Å². The number of esters is 1. The Balaban J connectivity index is 1.31. The lowest BCUT2D eigenvalue weighted by Gasteiger charge is -2.11. The van der Waals surface area contributed by atoms with Crippen LogP contribution in [0.4, 0.5) is 0 Å². The molecule has 0 aliphatic carbocycles. The van der Waals surface area contributed by atoms with Gasteiger partial charge in [-0.2, -0.15) is 5.10 Å². The van der Waals surface area contributed by atoms with Crippen molar-refractivity contribution in [2.45, 2.75) is 6.92 Å². The topological polar surface area (TPSA) is 125 Å². The third-order valence-electron chi connectivity index (χ3n) is 6.17. The molecule has 4 aromatic rings. The van der Waals surface area contributed by atoms with Gasteiger partial charge in [0.25, 0.3) is 11.8 Å². The van der Waals surface area contributed by atoms with Gasteiger partial charge in [-0.1, -0.05) is 40.2 Å². The number of nitrogens with one attached hydrogen (secondary N) is 2. The predicted octanol–water partition coefficient (Wildman–Crippen LogP) is 5.72. The quantitative estimate of drug-likeness (QED) is 0.0736. The van der Waals surface area contributed by atoms with Crippen LogP contribution in [-0.2, 0) is 4.79 Å². The molecule has 0 fully saturated rings. The Kier molecular flexibility index (Phi) is 9.68. The van der Waals surface area contributed by atoms with E-state index in [0.29, 0.717) is 46.1 Å². The van der Waals surface area contributed by atoms with E-state index in [4.69, 9.17) is 18.9 Å². The monoisotopic (exact) mass is 655 g/mol. The molecule has 0 bridgehead atoms. The lowest BCUT2D eigenvalue weighted by Crippen LogP contribution is -2.32. The number of hydrazone groups is 1. The zero-order chi connectivity index (χ0) is 30.9. The van der Waals surface area contributed by atoms with Crippen molar-refractivity contribution in [2.24, 2.45) is 5.10 Å². The third-order valence-corrected chi connectivity index (χ3v) is 6.70. The van der Waals surface area contributed by atoms with Crippen LogP contribution in [0.5, 0.6) is 23.0 Å². The van der Waals surface area contributed by atoms with Gasteiger partial charge in [0, 0.05) is 10.0 Å². The average Bonchev–Trinajstić information content (AvgIpc) is 3.51. The van der Waals surface area contributed by atoms with Crippen LogP contribution in [0.15, 0.2) is 106 Å². The molecule has 11 heteroatoms. The lowest BCUT2D eigenvalue weighted by atomic mass is 10.1. The van der Waals surface area contributed by atoms with Gasteiger partial charge in [0.15, 0.2) is 23.0 Å². The Morgan fingerprint density at radius 3 is 2.39 bits per heavy atom. The molecule has 2 N–H and O–H groups in total. The maximum absolute atomic E-state index is 13.2. The van der Waals surface area contributed by atoms with E-state index in [2.05, 4.69) is 31.8 Å². The van der Waals surface area contributed by atoms with Gasteiger partial charge in [-0.25, -0.2) is 10.2 Å². The molecule has 0 atom stereocenters. The van der Waals surface area contributed by atoms with Crippen molar-refractivity contribution >= 4 is 46.0 Å². The van der Waals surface area contributed by atoms with Crippen molar-refractivity contribution in [3.05, 3.63) is 123 Å². The fraction of sp³-hybridized carbons (Fsp3) is 0.0909. The summed E-state index contributed by atoms with van der Waals surface area (Å²) in [7, 11) is 0. The summed E-state index contributed by atoms with van der Waals surface area (Å²) in [5, 5.41) is 6.72. The first-order chi connectivity index (χ1) is 21.4. The number of benzene rings is 4. The highest BCUT2D eigenvalue weighted by Crippen LogP contribution is 2.33. The molecule has 222 valence electrons. The van der Waals surface area contributed by atoms with Crippen molar-refractivity contribution in [1.29, 1.82) is 0 Å². The number of amides is 2. The minimum atomic E-state index is -0.659. The third kappa shape index (κ3) is 7.69. The van der Waals surface area contributed by atoms with Crippen molar-refractivity contribution in [3.63, 3.8) is 0 Å². The Bertz CT molecular complexity index is 1740. The zero-order valence-electron chi connectivity index (χ0n) is 23.4. The number of hydrogen-bond acceptors (Lipinski definition) is 8. The number of ether oxygens (including phenoxy) is 4. The lowest BCUT2D eigenvalue weighted by molar-refractivity contribution is -0.117. The average molecular weight is 656 g/mol. The second-order valence-corrected chi connectivity index (χ2v) is 10.1. The zero-order valence-corrected chi connectivity index (χ0v) is 25.0. The Labute approximate surface area is 261 Å². The molecule has 0 spiro atoms. The van der Waals surface area contributed by atoms with Crippen molar-refractivity contribution in [2.75, 3.05) is 13.4 Å². The molecular formula is C33H26BrN3O7. The maximum Gasteiger partial charge on any atom is 0.343 e. The van der Waals surface area contributed by atoms with Crippen LogP contribution in [0.2, 0.25) is 0 Å². The number of carbonyl (C=O) groups is 3. The summed E-state index contributed by atoms with van der Waals surface area (Å²) in [6.07, 6.45) is 2.91. The van der Waals surface area contributed by atoms with E-state index in [1.165, 1.54) is 12.3 Å². The standard InChI is InChI=1S/C33H26BrN3O7/c1-2-41-30-18-22(9-15-28(30)44-33(40)24-10-12-25(34)13-11-24)19-35-37-32(39)26(36-31(38)23-6-4-3-5-7-23)16-21-8-14-27-29(17-21)43-20-42-27/h3-19H,2,20H2,1H3,(H,36,38)(H,37,39)/b26-16+,35-19+. The molecule has 1 aliphatic heterocycles. The highest BCUT2D eigenvalue weighted by molar-refractivity contribution is 9.10. The minimum Gasteiger partial charge on any atom is -0.490 e. The van der Waals surface area contributed by atoms with E-state index >= 15 is 0 Å². The number of halogens is 1. The Morgan fingerprint density at radius 2 is 1.61 bits per heavy atom. The number of nitrogens with zero attached hydrogens (tertiary/aromatic N) is 1. The van der Waals surface area contributed by atoms with Crippen LogP contribution in [0.1, 0.15) is 38.8 Å². The molecule has 44 heavy (non-hydrogen) atoms. The van der Waals surface area contributed by atoms with E-state index < -0.39 is 17.8 Å². The van der Waals surface area contributed by atoms with Crippen molar-refractivity contribution in [3.8, 4) is 23.0 Å². The Hall–Kier alpha value is -5.42. The van der Waals surface area contributed by atoms with Gasteiger partial charge < -0.3 is 24.3 Å². The molecule has 0 unspecified atom stereocenters. The molecule has 1 aliphatic rings. The van der Waals surface area contributed by atoms with Gasteiger partial charge in [-0.15, -0.1) is 0 Å². The summed E-state index contributed by atoms with van der Waals surface area (Å²) in [6.45, 7) is 2.24. The van der Waals surface area contributed by atoms with E-state index in [0.717, 1.165) is 4.47 Å². The van der Waals surface area contributed by atoms with Gasteiger partial charge >= 0.3 is 5.97 Å². The van der Waals surface area contributed by atoms with Gasteiger partial charge in [0.1, 0.15) is 5.70 Å². The van der Waals surface area contributed by atoms with Gasteiger partial charge in [-0.05, 0) is 90.9 Å². The van der Waals surface area contributed by atoms with E-state index in [9.17, 15) is 14.4 Å². The smallest absolute Gasteiger partial charge is 0.343 e. The molecule has 0 aromatic heterocycles. The van der Waals surface area contributed by atoms with E-state index in [1.54, 1.807) is 97.9 Å². The molecule has 0 saturated heterocycles. The van der Waals surface area contributed by atoms with Crippen LogP contribution >= 0.6 is 15.9 Å². The van der Waals surface area contributed by atoms with Crippen LogP contribution in [0.25, 0.3) is 6.08 Å². The van der Waals surface area contributed by atoms with Crippen LogP contribution in [0.3, 0.4) is 0 Å². The molecule has 5 rings (SSSR count). The summed E-state index contributed by atoms with van der Waals surface area (Å²) in [5.41, 5.74) is 4.33. The first kappa shape index (κ1) is 30.1. The Morgan fingerprint density at radius 1 is 0.864 bits per heavy atom. The number of rotatable bonds is 10. The molecule has 0 saturated carbocycles. The predicted molar refractivity (Wildman–Crippen MR) is 167 cm³/mol. The molecule has 0 radical (unpaired) electrons. The van der Waals surface area contributed by atoms with Crippen LogP contribution in [0, 0.1) is 0 Å². The second kappa shape index (κ2) is 14.2. The second-order valence-electron chi connectivity index (χ2n) is 9.23. The SMILES string of the molecule is CCOc1cc(/C=N/NC(=O)/C(=C\c2ccc3c(c2)OCO3)NC(=O)c2ccccc2)ccc1OC(=O)c1ccc(Br)cc1. The number of hydrogen-bond donors (Lipinski definition) is 2. The summed E-state index contributed by atoms with van der Waals surface area (Å²) in [6, 6.07) is 25.3. The molecule has 4 aromatic carbocycles. The van der Waals surface area contributed by atoms with Gasteiger partial charge in [0.05, 0.1) is 18.4 Å². The first-order valence-corrected chi connectivity index (χ1v) is 14.2. The molecular weight excluding hydrogens is 630 g/mol. The first-order valence-electron chi connectivity index (χ1n) is 13.5. The molecule has 10 nitrogen and oxygen atoms in total.